The normalized spacial score (nSPS) is 17.0. The number of aliphatic hydroxyl groups excluding tert-OH is 1. The van der Waals surface area contributed by atoms with Gasteiger partial charge in [-0.05, 0) is 35.7 Å². The predicted octanol–water partition coefficient (Wildman–Crippen LogP) is 2.23. The number of likely N-dealkylation sites (tertiary alicyclic amines) is 1. The van der Waals surface area contributed by atoms with Crippen molar-refractivity contribution >= 4 is 22.4 Å². The van der Waals surface area contributed by atoms with Crippen LogP contribution in [-0.4, -0.2) is 41.7 Å². The lowest BCUT2D eigenvalue weighted by Crippen LogP contribution is -2.40. The van der Waals surface area contributed by atoms with E-state index in [1.165, 1.54) is 5.39 Å². The number of carbonyl (C=O) groups excluding carboxylic acids is 1. The van der Waals surface area contributed by atoms with Crippen LogP contribution in [0, 0.1) is 0 Å². The molecule has 0 aromatic heterocycles. The second kappa shape index (κ2) is 6.24. The lowest BCUT2D eigenvalue weighted by atomic mass is 10.1. The molecule has 0 unspecified atom stereocenters. The molecule has 1 aliphatic rings. The van der Waals surface area contributed by atoms with Crippen LogP contribution in [0.1, 0.15) is 12.8 Å². The number of rotatable bonds is 3. The summed E-state index contributed by atoms with van der Waals surface area (Å²) in [6.45, 7) is 1.96. The zero-order valence-corrected chi connectivity index (χ0v) is 12.0. The van der Waals surface area contributed by atoms with E-state index < -0.39 is 0 Å². The molecule has 1 saturated heterocycles. The highest BCUT2D eigenvalue weighted by molar-refractivity contribution is 5.95. The molecule has 1 aliphatic heterocycles. The third-order valence-electron chi connectivity index (χ3n) is 3.96. The van der Waals surface area contributed by atoms with Gasteiger partial charge >= 0.3 is 0 Å². The topological polar surface area (TPSA) is 52.6 Å². The van der Waals surface area contributed by atoms with Gasteiger partial charge in [-0.25, -0.2) is 0 Å². The van der Waals surface area contributed by atoms with Gasteiger partial charge in [0.1, 0.15) is 0 Å². The van der Waals surface area contributed by atoms with Gasteiger partial charge in [-0.15, -0.1) is 0 Å². The maximum Gasteiger partial charge on any atom is 0.238 e. The van der Waals surface area contributed by atoms with Crippen molar-refractivity contribution in [3.8, 4) is 0 Å². The second-order valence-corrected chi connectivity index (χ2v) is 5.62. The van der Waals surface area contributed by atoms with Gasteiger partial charge in [0.2, 0.25) is 5.91 Å². The van der Waals surface area contributed by atoms with E-state index in [-0.39, 0.29) is 12.0 Å². The van der Waals surface area contributed by atoms with Gasteiger partial charge in [0.05, 0.1) is 12.6 Å². The molecule has 1 amide bonds. The first kappa shape index (κ1) is 14.0. The monoisotopic (exact) mass is 284 g/mol. The van der Waals surface area contributed by atoms with Crippen molar-refractivity contribution in [3.05, 3.63) is 42.5 Å². The van der Waals surface area contributed by atoms with Crippen LogP contribution in [0.2, 0.25) is 0 Å². The quantitative estimate of drug-likeness (QED) is 0.909. The number of nitrogens with zero attached hydrogens (tertiary/aromatic N) is 1. The van der Waals surface area contributed by atoms with Gasteiger partial charge in [-0.3, -0.25) is 9.69 Å². The Labute approximate surface area is 124 Å². The van der Waals surface area contributed by atoms with Gasteiger partial charge < -0.3 is 10.4 Å². The highest BCUT2D eigenvalue weighted by Crippen LogP contribution is 2.19. The van der Waals surface area contributed by atoms with Gasteiger partial charge in [-0.2, -0.15) is 0 Å². The maximum absolute atomic E-state index is 12.1. The minimum atomic E-state index is -0.204. The molecule has 0 aliphatic carbocycles. The summed E-state index contributed by atoms with van der Waals surface area (Å²) in [5.41, 5.74) is 0.829. The number of hydrogen-bond donors (Lipinski definition) is 2. The van der Waals surface area contributed by atoms with Crippen LogP contribution in [0.3, 0.4) is 0 Å². The summed E-state index contributed by atoms with van der Waals surface area (Å²) < 4.78 is 0. The first-order valence-corrected chi connectivity index (χ1v) is 7.40. The molecule has 110 valence electrons. The summed E-state index contributed by atoms with van der Waals surface area (Å²) in [6.07, 6.45) is 1.30. The van der Waals surface area contributed by atoms with Gasteiger partial charge in [0, 0.05) is 18.8 Å². The molecule has 0 bridgehead atoms. The van der Waals surface area contributed by atoms with Crippen LogP contribution in [0.25, 0.3) is 10.8 Å². The Bertz CT molecular complexity index is 633. The van der Waals surface area contributed by atoms with E-state index in [9.17, 15) is 9.90 Å². The number of amides is 1. The van der Waals surface area contributed by atoms with E-state index in [2.05, 4.69) is 16.3 Å². The van der Waals surface area contributed by atoms with Crippen LogP contribution in [-0.2, 0) is 4.79 Å². The minimum absolute atomic E-state index is 0.00155. The molecule has 1 fully saturated rings. The molecule has 1 heterocycles. The van der Waals surface area contributed by atoms with Crippen molar-refractivity contribution in [2.45, 2.75) is 18.9 Å². The molecule has 0 spiro atoms. The van der Waals surface area contributed by atoms with Crippen molar-refractivity contribution in [3.63, 3.8) is 0 Å². The summed E-state index contributed by atoms with van der Waals surface area (Å²) in [5.74, 6) is 0.00155. The lowest BCUT2D eigenvalue weighted by Gasteiger charge is -2.28. The van der Waals surface area contributed by atoms with Crippen LogP contribution in [0.5, 0.6) is 0 Å². The van der Waals surface area contributed by atoms with E-state index in [1.54, 1.807) is 0 Å². The fraction of sp³-hybridized carbons (Fsp3) is 0.353. The predicted molar refractivity (Wildman–Crippen MR) is 84.3 cm³/mol. The first-order valence-electron chi connectivity index (χ1n) is 7.40. The van der Waals surface area contributed by atoms with Crippen molar-refractivity contribution in [1.29, 1.82) is 0 Å². The summed E-state index contributed by atoms with van der Waals surface area (Å²) >= 11 is 0. The standard InChI is InChI=1S/C17H20N2O2/c20-16-7-9-19(10-8-16)12-17(21)18-15-6-5-13-3-1-2-4-14(13)11-15/h1-6,11,16,20H,7-10,12H2,(H,18,21). The highest BCUT2D eigenvalue weighted by atomic mass is 16.3. The highest BCUT2D eigenvalue weighted by Gasteiger charge is 2.18. The summed E-state index contributed by atoms with van der Waals surface area (Å²) in [4.78, 5) is 14.2. The van der Waals surface area contributed by atoms with Crippen LogP contribution in [0.4, 0.5) is 5.69 Å². The smallest absolute Gasteiger partial charge is 0.238 e. The first-order chi connectivity index (χ1) is 10.2. The number of carbonyl (C=O) groups is 1. The zero-order chi connectivity index (χ0) is 14.7. The molecular formula is C17H20N2O2. The molecule has 2 aromatic carbocycles. The van der Waals surface area contributed by atoms with Gasteiger partial charge in [-0.1, -0.05) is 30.3 Å². The molecule has 2 aromatic rings. The van der Waals surface area contributed by atoms with Crippen LogP contribution < -0.4 is 5.32 Å². The van der Waals surface area contributed by atoms with Gasteiger partial charge in [0.15, 0.2) is 0 Å². The third kappa shape index (κ3) is 3.60. The van der Waals surface area contributed by atoms with Gasteiger partial charge in [0.25, 0.3) is 0 Å². The summed E-state index contributed by atoms with van der Waals surface area (Å²) in [6, 6.07) is 14.0. The maximum atomic E-state index is 12.1. The fourth-order valence-corrected chi connectivity index (χ4v) is 2.75. The van der Waals surface area contributed by atoms with Crippen LogP contribution in [0.15, 0.2) is 42.5 Å². The molecule has 3 rings (SSSR count). The second-order valence-electron chi connectivity index (χ2n) is 5.62. The van der Waals surface area contributed by atoms with E-state index in [4.69, 9.17) is 0 Å². The number of benzene rings is 2. The Balaban J connectivity index is 1.60. The molecule has 0 atom stereocenters. The van der Waals surface area contributed by atoms with E-state index in [0.29, 0.717) is 6.54 Å². The third-order valence-corrected chi connectivity index (χ3v) is 3.96. The number of aliphatic hydroxyl groups is 1. The lowest BCUT2D eigenvalue weighted by molar-refractivity contribution is -0.117. The number of piperidine rings is 1. The Morgan fingerprint density at radius 3 is 2.62 bits per heavy atom. The van der Waals surface area contributed by atoms with Crippen molar-refractivity contribution in [2.75, 3.05) is 25.0 Å². The van der Waals surface area contributed by atoms with E-state index >= 15 is 0 Å². The number of fused-ring (bicyclic) bond motifs is 1. The largest absolute Gasteiger partial charge is 0.393 e. The zero-order valence-electron chi connectivity index (χ0n) is 12.0. The Morgan fingerprint density at radius 1 is 1.14 bits per heavy atom. The SMILES string of the molecule is O=C(CN1CCC(O)CC1)Nc1ccc2ccccc2c1. The molecule has 4 heteroatoms. The Hall–Kier alpha value is -1.91. The van der Waals surface area contributed by atoms with Crippen molar-refractivity contribution in [2.24, 2.45) is 0 Å². The minimum Gasteiger partial charge on any atom is -0.393 e. The number of nitrogens with one attached hydrogen (secondary N) is 1. The van der Waals surface area contributed by atoms with E-state index in [1.807, 2.05) is 36.4 Å². The molecular weight excluding hydrogens is 264 g/mol. The average molecular weight is 284 g/mol. The Morgan fingerprint density at radius 2 is 1.86 bits per heavy atom. The molecule has 21 heavy (non-hydrogen) atoms. The van der Waals surface area contributed by atoms with E-state index in [0.717, 1.165) is 37.0 Å². The number of anilines is 1. The van der Waals surface area contributed by atoms with Crippen LogP contribution >= 0.6 is 0 Å². The molecule has 0 saturated carbocycles. The van der Waals surface area contributed by atoms with Crippen molar-refractivity contribution < 1.29 is 9.90 Å². The average Bonchev–Trinajstić information content (AvgIpc) is 2.49. The molecule has 2 N–H and O–H groups in total. The summed E-state index contributed by atoms with van der Waals surface area (Å²) in [7, 11) is 0. The molecule has 0 radical (unpaired) electrons. The number of hydrogen-bond acceptors (Lipinski definition) is 3. The van der Waals surface area contributed by atoms with Crippen molar-refractivity contribution in [1.82, 2.24) is 4.90 Å². The fourth-order valence-electron chi connectivity index (χ4n) is 2.75. The summed E-state index contributed by atoms with van der Waals surface area (Å²) in [5, 5.41) is 14.7. The Kier molecular flexibility index (Phi) is 4.18. The molecule has 4 nitrogen and oxygen atoms in total.